The summed E-state index contributed by atoms with van der Waals surface area (Å²) in [6.45, 7) is 2.26. The van der Waals surface area contributed by atoms with Gasteiger partial charge in [0.15, 0.2) is 0 Å². The van der Waals surface area contributed by atoms with E-state index in [0.717, 1.165) is 25.0 Å². The zero-order valence-corrected chi connectivity index (χ0v) is 16.8. The van der Waals surface area contributed by atoms with Crippen molar-refractivity contribution in [3.63, 3.8) is 0 Å². The topological polar surface area (TPSA) is 38.7 Å². The Balaban J connectivity index is 1.48. The van der Waals surface area contributed by atoms with Gasteiger partial charge in [0.05, 0.1) is 19.3 Å². The molecule has 1 N–H and O–H groups in total. The summed E-state index contributed by atoms with van der Waals surface area (Å²) in [5, 5.41) is 9.22. The van der Waals surface area contributed by atoms with Crippen molar-refractivity contribution in [2.24, 2.45) is 0 Å². The van der Waals surface area contributed by atoms with E-state index in [1.54, 1.807) is 0 Å². The lowest BCUT2D eigenvalue weighted by atomic mass is 10.1. The van der Waals surface area contributed by atoms with Gasteiger partial charge in [-0.05, 0) is 30.4 Å². The van der Waals surface area contributed by atoms with Crippen LogP contribution in [-0.2, 0) is 22.7 Å². The maximum Gasteiger partial charge on any atom is 0.0782 e. The molecule has 0 aliphatic rings. The van der Waals surface area contributed by atoms with Gasteiger partial charge in [0, 0.05) is 19.6 Å². The molecule has 2 rings (SSSR count). The average molecular weight is 383 g/mol. The third-order valence-corrected chi connectivity index (χ3v) is 4.59. The van der Waals surface area contributed by atoms with E-state index in [9.17, 15) is 5.11 Å². The Labute approximate surface area is 170 Å². The van der Waals surface area contributed by atoms with Crippen LogP contribution < -0.4 is 0 Å². The summed E-state index contributed by atoms with van der Waals surface area (Å²) in [5.41, 5.74) is 2.40. The quantitative estimate of drug-likeness (QED) is 0.318. The fraction of sp³-hybridized carbons (Fsp3) is 0.440. The van der Waals surface area contributed by atoms with E-state index in [1.807, 2.05) is 36.4 Å². The van der Waals surface area contributed by atoms with Gasteiger partial charge in [-0.2, -0.15) is 0 Å². The molecule has 0 unspecified atom stereocenters. The van der Waals surface area contributed by atoms with E-state index in [0.29, 0.717) is 19.6 Å². The molecule has 3 nitrogen and oxygen atoms in total. The SMILES string of the molecule is OCC[C@H](/C=C/CCCCCCOCc1ccccc1)OCc1ccccc1. The van der Waals surface area contributed by atoms with E-state index < -0.39 is 0 Å². The van der Waals surface area contributed by atoms with Crippen molar-refractivity contribution in [2.75, 3.05) is 13.2 Å². The zero-order valence-electron chi connectivity index (χ0n) is 16.8. The molecular formula is C25H34O3. The molecule has 1 atom stereocenters. The first-order valence-corrected chi connectivity index (χ1v) is 10.4. The highest BCUT2D eigenvalue weighted by Gasteiger charge is 2.04. The average Bonchev–Trinajstić information content (AvgIpc) is 2.74. The van der Waals surface area contributed by atoms with Crippen molar-refractivity contribution in [3.8, 4) is 0 Å². The molecule has 0 radical (unpaired) electrons. The molecule has 0 bridgehead atoms. The molecule has 0 amide bonds. The minimum absolute atomic E-state index is 0.0170. The first-order valence-electron chi connectivity index (χ1n) is 10.4. The molecule has 0 aromatic heterocycles. The first kappa shape index (κ1) is 22.4. The Morgan fingerprint density at radius 1 is 0.786 bits per heavy atom. The van der Waals surface area contributed by atoms with E-state index in [1.165, 1.54) is 24.8 Å². The van der Waals surface area contributed by atoms with Gasteiger partial charge >= 0.3 is 0 Å². The molecule has 0 fully saturated rings. The van der Waals surface area contributed by atoms with E-state index in [-0.39, 0.29) is 12.7 Å². The monoisotopic (exact) mass is 382 g/mol. The van der Waals surface area contributed by atoms with E-state index >= 15 is 0 Å². The lowest BCUT2D eigenvalue weighted by Crippen LogP contribution is -2.11. The maximum absolute atomic E-state index is 9.22. The molecule has 0 aliphatic heterocycles. The molecule has 0 aliphatic carbocycles. The lowest BCUT2D eigenvalue weighted by molar-refractivity contribution is 0.0542. The second-order valence-corrected chi connectivity index (χ2v) is 7.02. The molecule has 0 heterocycles. The van der Waals surface area contributed by atoms with Crippen LogP contribution in [0.1, 0.15) is 49.7 Å². The molecule has 0 saturated carbocycles. The van der Waals surface area contributed by atoms with Gasteiger partial charge in [-0.1, -0.05) is 85.7 Å². The highest BCUT2D eigenvalue weighted by molar-refractivity contribution is 5.14. The van der Waals surface area contributed by atoms with Crippen molar-refractivity contribution in [1.29, 1.82) is 0 Å². The number of ether oxygens (including phenoxy) is 2. The zero-order chi connectivity index (χ0) is 19.7. The van der Waals surface area contributed by atoms with Crippen LogP contribution in [0.5, 0.6) is 0 Å². The molecule has 0 spiro atoms. The Hall–Kier alpha value is -1.94. The Kier molecular flexibility index (Phi) is 12.0. The fourth-order valence-corrected chi connectivity index (χ4v) is 2.97. The predicted molar refractivity (Wildman–Crippen MR) is 115 cm³/mol. The van der Waals surface area contributed by atoms with Crippen LogP contribution in [-0.4, -0.2) is 24.4 Å². The fourth-order valence-electron chi connectivity index (χ4n) is 2.97. The molecule has 0 saturated heterocycles. The van der Waals surface area contributed by atoms with Gasteiger partial charge in [-0.25, -0.2) is 0 Å². The maximum atomic E-state index is 9.22. The third-order valence-electron chi connectivity index (χ3n) is 4.59. The minimum atomic E-state index is -0.0170. The molecule has 28 heavy (non-hydrogen) atoms. The van der Waals surface area contributed by atoms with Crippen molar-refractivity contribution in [3.05, 3.63) is 83.9 Å². The lowest BCUT2D eigenvalue weighted by Gasteiger charge is -2.13. The highest BCUT2D eigenvalue weighted by Crippen LogP contribution is 2.10. The Morgan fingerprint density at radius 3 is 2.11 bits per heavy atom. The number of hydrogen-bond donors (Lipinski definition) is 1. The van der Waals surface area contributed by atoms with Crippen molar-refractivity contribution in [1.82, 2.24) is 0 Å². The van der Waals surface area contributed by atoms with Crippen molar-refractivity contribution in [2.45, 2.75) is 57.8 Å². The van der Waals surface area contributed by atoms with Crippen LogP contribution in [0, 0.1) is 0 Å². The van der Waals surface area contributed by atoms with Crippen LogP contribution in [0.25, 0.3) is 0 Å². The molecule has 152 valence electrons. The molecular weight excluding hydrogens is 348 g/mol. The van der Waals surface area contributed by atoms with Crippen molar-refractivity contribution >= 4 is 0 Å². The van der Waals surface area contributed by atoms with Crippen LogP contribution in [0.15, 0.2) is 72.8 Å². The summed E-state index contributed by atoms with van der Waals surface area (Å²) in [6, 6.07) is 20.5. The smallest absolute Gasteiger partial charge is 0.0782 e. The Morgan fingerprint density at radius 2 is 1.43 bits per heavy atom. The van der Waals surface area contributed by atoms with Crippen LogP contribution in [0.4, 0.5) is 0 Å². The van der Waals surface area contributed by atoms with Gasteiger partial charge in [0.25, 0.3) is 0 Å². The van der Waals surface area contributed by atoms with E-state index in [2.05, 4.69) is 36.4 Å². The third kappa shape index (κ3) is 10.4. The molecule has 3 heteroatoms. The summed E-state index contributed by atoms with van der Waals surface area (Å²) in [7, 11) is 0. The normalized spacial score (nSPS) is 12.5. The second-order valence-electron chi connectivity index (χ2n) is 7.02. The standard InChI is InChI=1S/C25H34O3/c26-19-18-25(28-22-24-15-9-6-10-16-24)17-11-3-1-2-4-12-20-27-21-23-13-7-5-8-14-23/h5-11,13-17,25-26H,1-4,12,18-22H2/b17-11+/t25-/m0/s1. The Bertz CT molecular complexity index is 625. The summed E-state index contributed by atoms with van der Waals surface area (Å²) >= 11 is 0. The molecule has 2 aromatic carbocycles. The number of aliphatic hydroxyl groups excluding tert-OH is 1. The van der Waals surface area contributed by atoms with Gasteiger partial charge < -0.3 is 14.6 Å². The number of unbranched alkanes of at least 4 members (excludes halogenated alkanes) is 4. The summed E-state index contributed by atoms with van der Waals surface area (Å²) in [4.78, 5) is 0. The van der Waals surface area contributed by atoms with Gasteiger partial charge in [-0.15, -0.1) is 0 Å². The number of hydrogen-bond acceptors (Lipinski definition) is 3. The largest absolute Gasteiger partial charge is 0.396 e. The highest BCUT2D eigenvalue weighted by atomic mass is 16.5. The number of allylic oxidation sites excluding steroid dienone is 1. The van der Waals surface area contributed by atoms with Gasteiger partial charge in [0.2, 0.25) is 0 Å². The summed E-state index contributed by atoms with van der Waals surface area (Å²) < 4.78 is 11.6. The number of benzene rings is 2. The number of aliphatic hydroxyl groups is 1. The molecule has 2 aromatic rings. The van der Waals surface area contributed by atoms with E-state index in [4.69, 9.17) is 9.47 Å². The van der Waals surface area contributed by atoms with Gasteiger partial charge in [0.1, 0.15) is 0 Å². The minimum Gasteiger partial charge on any atom is -0.396 e. The van der Waals surface area contributed by atoms with Crippen LogP contribution in [0.2, 0.25) is 0 Å². The van der Waals surface area contributed by atoms with Gasteiger partial charge in [-0.3, -0.25) is 0 Å². The summed E-state index contributed by atoms with van der Waals surface area (Å²) in [5.74, 6) is 0. The first-order chi connectivity index (χ1) is 13.9. The van der Waals surface area contributed by atoms with Crippen molar-refractivity contribution < 1.29 is 14.6 Å². The predicted octanol–water partition coefficient (Wildman–Crippen LogP) is 5.68. The summed E-state index contributed by atoms with van der Waals surface area (Å²) in [6.07, 6.45) is 10.7. The van der Waals surface area contributed by atoms with Crippen LogP contribution in [0.3, 0.4) is 0 Å². The second kappa shape index (κ2) is 15.0. The van der Waals surface area contributed by atoms with Crippen LogP contribution >= 0.6 is 0 Å². The number of rotatable bonds is 15.